The molecule has 0 aromatic carbocycles. The Morgan fingerprint density at radius 3 is 2.36 bits per heavy atom. The van der Waals surface area contributed by atoms with E-state index in [4.69, 9.17) is 9.47 Å². The van der Waals surface area contributed by atoms with Gasteiger partial charge in [-0.1, -0.05) is 13.3 Å². The largest absolute Gasteiger partial charge is 0.469 e. The molecule has 0 radical (unpaired) electrons. The Kier molecular flexibility index (Phi) is 3.41. The van der Waals surface area contributed by atoms with Crippen LogP contribution in [0.2, 0.25) is 0 Å². The van der Waals surface area contributed by atoms with Gasteiger partial charge in [-0.05, 0) is 70.1 Å². The van der Waals surface area contributed by atoms with Gasteiger partial charge < -0.3 is 9.47 Å². The summed E-state index contributed by atoms with van der Waals surface area (Å²) in [6, 6.07) is 0. The minimum absolute atomic E-state index is 0.0174. The molecule has 154 valence electrons. The first-order chi connectivity index (χ1) is 13.0. The number of hydrogen-bond acceptors (Lipinski definition) is 5. The number of ether oxygens (including phenoxy) is 2. The number of Topliss-reactive ketones (excluding diaryl/α,β-unsaturated/α-hetero) is 2. The van der Waals surface area contributed by atoms with Gasteiger partial charge in [0.1, 0.15) is 11.4 Å². The number of carbonyl (C=O) groups excluding carboxylic acids is 3. The van der Waals surface area contributed by atoms with Crippen LogP contribution in [0.4, 0.5) is 0 Å². The number of rotatable bonds is 1. The second-order valence-electron chi connectivity index (χ2n) is 11.1. The highest BCUT2D eigenvalue weighted by atomic mass is 16.6. The quantitative estimate of drug-likeness (QED) is 0.391. The highest BCUT2D eigenvalue weighted by Crippen LogP contribution is 2.75. The van der Waals surface area contributed by atoms with E-state index in [2.05, 4.69) is 6.92 Å². The lowest BCUT2D eigenvalue weighted by Gasteiger charge is -2.66. The molecule has 1 unspecified atom stereocenters. The minimum Gasteiger partial charge on any atom is -0.469 e. The fourth-order valence-corrected chi connectivity index (χ4v) is 8.64. The average molecular weight is 389 g/mol. The van der Waals surface area contributed by atoms with Gasteiger partial charge >= 0.3 is 5.97 Å². The Morgan fingerprint density at radius 2 is 1.75 bits per heavy atom. The predicted molar refractivity (Wildman–Crippen MR) is 101 cm³/mol. The fourth-order valence-electron chi connectivity index (χ4n) is 8.64. The van der Waals surface area contributed by atoms with Gasteiger partial charge in [0, 0.05) is 12.3 Å². The summed E-state index contributed by atoms with van der Waals surface area (Å²) in [5, 5.41) is 0. The first kappa shape index (κ1) is 18.8. The van der Waals surface area contributed by atoms with Crippen molar-refractivity contribution in [1.82, 2.24) is 0 Å². The van der Waals surface area contributed by atoms with Crippen LogP contribution in [0, 0.1) is 34.0 Å². The van der Waals surface area contributed by atoms with E-state index in [1.165, 1.54) is 7.11 Å². The van der Waals surface area contributed by atoms with Gasteiger partial charge in [0.05, 0.1) is 17.9 Å². The highest BCUT2D eigenvalue weighted by Gasteiger charge is 2.84. The normalized spacial score (nSPS) is 53.5. The van der Waals surface area contributed by atoms with Crippen molar-refractivity contribution < 1.29 is 23.9 Å². The molecular formula is C23H32O5. The van der Waals surface area contributed by atoms with Crippen molar-refractivity contribution in [2.45, 2.75) is 83.8 Å². The Morgan fingerprint density at radius 1 is 1.07 bits per heavy atom. The van der Waals surface area contributed by atoms with Crippen molar-refractivity contribution in [2.24, 2.45) is 34.0 Å². The van der Waals surface area contributed by atoms with Gasteiger partial charge in [-0.3, -0.25) is 14.4 Å². The number of ketones is 2. The SMILES string of the molecule is COC(=O)[C@]1(C)CCC[C@@]2(C)[C@H]1CC[C@@]13C(=O)C[C@@H](C[C@@H]12)C1(OC1(C)C)C3=O. The van der Waals surface area contributed by atoms with Gasteiger partial charge in [0.15, 0.2) is 11.4 Å². The maximum atomic E-state index is 13.9. The zero-order valence-corrected chi connectivity index (χ0v) is 17.7. The van der Waals surface area contributed by atoms with Crippen molar-refractivity contribution in [3.63, 3.8) is 0 Å². The number of methoxy groups -OCH3 is 1. The lowest BCUT2D eigenvalue weighted by Crippen LogP contribution is -2.71. The summed E-state index contributed by atoms with van der Waals surface area (Å²) in [6.07, 6.45) is 5.37. The molecule has 6 fully saturated rings. The number of epoxide rings is 1. The second kappa shape index (κ2) is 5.08. The number of hydrogen-bond donors (Lipinski definition) is 0. The molecule has 0 aromatic heterocycles. The van der Waals surface area contributed by atoms with Crippen LogP contribution in [0.1, 0.15) is 72.6 Å². The summed E-state index contributed by atoms with van der Waals surface area (Å²) in [5.41, 5.74) is -2.83. The van der Waals surface area contributed by atoms with Crippen LogP contribution in [-0.2, 0) is 23.9 Å². The first-order valence-electron chi connectivity index (χ1n) is 10.9. The summed E-state index contributed by atoms with van der Waals surface area (Å²) in [6.45, 7) is 8.27. The van der Waals surface area contributed by atoms with Gasteiger partial charge in [-0.25, -0.2) is 0 Å². The predicted octanol–water partition coefficient (Wildman–Crippen LogP) is 3.48. The van der Waals surface area contributed by atoms with Crippen molar-refractivity contribution in [3.8, 4) is 0 Å². The third-order valence-corrected chi connectivity index (χ3v) is 9.88. The molecule has 5 aliphatic carbocycles. The van der Waals surface area contributed by atoms with Crippen LogP contribution in [0.5, 0.6) is 0 Å². The van der Waals surface area contributed by atoms with Crippen LogP contribution < -0.4 is 0 Å². The molecule has 0 amide bonds. The Labute approximate surface area is 166 Å². The molecule has 5 heteroatoms. The van der Waals surface area contributed by atoms with Crippen molar-refractivity contribution in [2.75, 3.05) is 7.11 Å². The third-order valence-electron chi connectivity index (χ3n) is 9.88. The van der Waals surface area contributed by atoms with E-state index in [9.17, 15) is 14.4 Å². The molecule has 1 aliphatic heterocycles. The first-order valence-corrected chi connectivity index (χ1v) is 10.9. The molecule has 2 bridgehead atoms. The molecule has 28 heavy (non-hydrogen) atoms. The van der Waals surface area contributed by atoms with Gasteiger partial charge in [0.25, 0.3) is 0 Å². The Balaban J connectivity index is 1.61. The summed E-state index contributed by atoms with van der Waals surface area (Å²) in [5.74, 6) is 0.221. The van der Waals surface area contributed by atoms with Crippen molar-refractivity contribution >= 4 is 17.5 Å². The summed E-state index contributed by atoms with van der Waals surface area (Å²) in [4.78, 5) is 40.0. The van der Waals surface area contributed by atoms with Crippen LogP contribution >= 0.6 is 0 Å². The van der Waals surface area contributed by atoms with E-state index in [0.29, 0.717) is 12.8 Å². The van der Waals surface area contributed by atoms with Crippen LogP contribution in [-0.4, -0.2) is 35.8 Å². The minimum atomic E-state index is -0.901. The summed E-state index contributed by atoms with van der Waals surface area (Å²) < 4.78 is 11.3. The molecule has 0 N–H and O–H groups in total. The number of carbonyl (C=O) groups is 3. The molecular weight excluding hydrogens is 356 g/mol. The molecule has 1 heterocycles. The second-order valence-corrected chi connectivity index (χ2v) is 11.1. The van der Waals surface area contributed by atoms with E-state index in [0.717, 1.165) is 32.1 Å². The van der Waals surface area contributed by atoms with E-state index >= 15 is 0 Å². The fraction of sp³-hybridized carbons (Fsp3) is 0.870. The molecule has 2 spiro atoms. The van der Waals surface area contributed by atoms with Gasteiger partial charge in [-0.2, -0.15) is 0 Å². The third kappa shape index (κ3) is 1.74. The summed E-state index contributed by atoms with van der Waals surface area (Å²) >= 11 is 0. The summed E-state index contributed by atoms with van der Waals surface area (Å²) in [7, 11) is 1.47. The average Bonchev–Trinajstić information content (AvgIpc) is 3.21. The molecule has 5 saturated carbocycles. The van der Waals surface area contributed by atoms with Crippen molar-refractivity contribution in [1.29, 1.82) is 0 Å². The van der Waals surface area contributed by atoms with Gasteiger partial charge in [-0.15, -0.1) is 0 Å². The van der Waals surface area contributed by atoms with Crippen LogP contribution in [0.25, 0.3) is 0 Å². The zero-order chi connectivity index (χ0) is 20.3. The zero-order valence-electron chi connectivity index (χ0n) is 17.7. The molecule has 0 aromatic rings. The molecule has 7 atom stereocenters. The number of esters is 1. The van der Waals surface area contributed by atoms with Crippen LogP contribution in [0.15, 0.2) is 0 Å². The standard InChI is InChI=1S/C23H32O5/c1-19(2)23(28-19)13-11-15-20(3)8-6-9-21(4,18(26)27-5)14(20)7-10-22(15,17(23)25)16(24)12-13/h13-15H,6-12H2,1-5H3/t13-,14-,15-,20+,21-,22+,23?/m1/s1. The molecule has 6 aliphatic rings. The molecule has 1 saturated heterocycles. The molecule has 6 rings (SSSR count). The number of fused-ring (bicyclic) bond motifs is 2. The van der Waals surface area contributed by atoms with E-state index in [1.54, 1.807) is 0 Å². The van der Waals surface area contributed by atoms with Gasteiger partial charge in [0.2, 0.25) is 0 Å². The highest BCUT2D eigenvalue weighted by molar-refractivity contribution is 6.16. The molecule has 5 nitrogen and oxygen atoms in total. The van der Waals surface area contributed by atoms with E-state index in [-0.39, 0.29) is 40.7 Å². The van der Waals surface area contributed by atoms with E-state index < -0.39 is 22.0 Å². The van der Waals surface area contributed by atoms with Crippen molar-refractivity contribution in [3.05, 3.63) is 0 Å². The Bertz CT molecular complexity index is 801. The topological polar surface area (TPSA) is 73.0 Å². The maximum Gasteiger partial charge on any atom is 0.311 e. The van der Waals surface area contributed by atoms with Crippen LogP contribution in [0.3, 0.4) is 0 Å². The van der Waals surface area contributed by atoms with E-state index in [1.807, 2.05) is 20.8 Å². The lowest BCUT2D eigenvalue weighted by molar-refractivity contribution is -0.204. The Hall–Kier alpha value is -1.23. The lowest BCUT2D eigenvalue weighted by atomic mass is 9.35. The maximum absolute atomic E-state index is 13.9. The smallest absolute Gasteiger partial charge is 0.311 e. The monoisotopic (exact) mass is 388 g/mol.